The van der Waals surface area contributed by atoms with Crippen molar-refractivity contribution in [3.8, 4) is 5.75 Å². The topological polar surface area (TPSA) is 32.8 Å². The van der Waals surface area contributed by atoms with Gasteiger partial charge in [0.1, 0.15) is 5.75 Å². The highest BCUT2D eigenvalue weighted by atomic mass is 16.5. The molecule has 1 aromatic carbocycles. The molecule has 2 saturated heterocycles. The largest absolute Gasteiger partial charge is 0.496 e. The molecule has 2 aliphatic heterocycles. The van der Waals surface area contributed by atoms with Crippen LogP contribution in [-0.4, -0.2) is 49.0 Å². The van der Waals surface area contributed by atoms with Crippen molar-refractivity contribution in [1.29, 1.82) is 0 Å². The minimum atomic E-state index is -0.109. The Balaban J connectivity index is 1.44. The summed E-state index contributed by atoms with van der Waals surface area (Å²) in [6.45, 7) is 9.16. The van der Waals surface area contributed by atoms with E-state index >= 15 is 0 Å². The van der Waals surface area contributed by atoms with Crippen molar-refractivity contribution in [2.75, 3.05) is 33.3 Å². The molecule has 1 unspecified atom stereocenters. The number of rotatable bonds is 5. The van der Waals surface area contributed by atoms with Crippen molar-refractivity contribution >= 4 is 5.91 Å². The zero-order chi connectivity index (χ0) is 18.3. The second-order valence-corrected chi connectivity index (χ2v) is 8.79. The summed E-state index contributed by atoms with van der Waals surface area (Å²) in [6.07, 6.45) is 5.91. The van der Waals surface area contributed by atoms with E-state index in [2.05, 4.69) is 35.8 Å². The van der Waals surface area contributed by atoms with E-state index in [1.54, 1.807) is 7.11 Å². The van der Waals surface area contributed by atoms with Gasteiger partial charge in [0, 0.05) is 26.2 Å². The number of ether oxygens (including phenoxy) is 1. The molecule has 3 fully saturated rings. The Morgan fingerprint density at radius 3 is 2.69 bits per heavy atom. The molecule has 1 spiro atoms. The molecular formula is C22H32N2O2. The van der Waals surface area contributed by atoms with Gasteiger partial charge in [-0.1, -0.05) is 6.07 Å². The average Bonchev–Trinajstić information content (AvgIpc) is 3.35. The van der Waals surface area contributed by atoms with Crippen LogP contribution in [0.15, 0.2) is 12.1 Å². The van der Waals surface area contributed by atoms with Gasteiger partial charge in [0.05, 0.1) is 12.5 Å². The highest BCUT2D eigenvalue weighted by Crippen LogP contribution is 2.42. The number of hydrogen-bond acceptors (Lipinski definition) is 3. The number of aryl methyl sites for hydroxylation is 2. The van der Waals surface area contributed by atoms with Crippen molar-refractivity contribution in [2.45, 2.75) is 52.5 Å². The zero-order valence-electron chi connectivity index (χ0n) is 16.5. The van der Waals surface area contributed by atoms with Gasteiger partial charge in [-0.25, -0.2) is 0 Å². The predicted molar refractivity (Wildman–Crippen MR) is 103 cm³/mol. The van der Waals surface area contributed by atoms with Gasteiger partial charge in [-0.2, -0.15) is 0 Å². The van der Waals surface area contributed by atoms with Crippen molar-refractivity contribution in [2.24, 2.45) is 11.3 Å². The van der Waals surface area contributed by atoms with Crippen LogP contribution >= 0.6 is 0 Å². The standard InChI is InChI=1S/C22H32N2O2/c1-16-12-20(26-3)17(2)11-19(16)14-23-10-8-22(15-23)7-4-9-24(21(22)25)13-18-5-6-18/h11-12,18H,4-10,13-15H2,1-3H3. The van der Waals surface area contributed by atoms with Crippen molar-refractivity contribution in [1.82, 2.24) is 9.80 Å². The summed E-state index contributed by atoms with van der Waals surface area (Å²) in [7, 11) is 1.73. The Labute approximate surface area is 157 Å². The van der Waals surface area contributed by atoms with Gasteiger partial charge in [-0.3, -0.25) is 9.69 Å². The number of piperidine rings is 1. The number of nitrogens with zero attached hydrogens (tertiary/aromatic N) is 2. The summed E-state index contributed by atoms with van der Waals surface area (Å²) < 4.78 is 5.44. The lowest BCUT2D eigenvalue weighted by Gasteiger charge is -2.39. The molecule has 4 heteroatoms. The molecule has 0 radical (unpaired) electrons. The molecular weight excluding hydrogens is 324 g/mol. The summed E-state index contributed by atoms with van der Waals surface area (Å²) in [6, 6.07) is 4.39. The summed E-state index contributed by atoms with van der Waals surface area (Å²) >= 11 is 0. The van der Waals surface area contributed by atoms with Crippen LogP contribution in [-0.2, 0) is 11.3 Å². The Bertz CT molecular complexity index is 698. The summed E-state index contributed by atoms with van der Waals surface area (Å²) in [4.78, 5) is 17.9. The van der Waals surface area contributed by atoms with Crippen LogP contribution in [0.3, 0.4) is 0 Å². The lowest BCUT2D eigenvalue weighted by Crippen LogP contribution is -2.50. The fraction of sp³-hybridized carbons (Fsp3) is 0.682. The first-order chi connectivity index (χ1) is 12.5. The molecule has 0 N–H and O–H groups in total. The van der Waals surface area contributed by atoms with Crippen LogP contribution in [0, 0.1) is 25.2 Å². The molecule has 4 rings (SSSR count). The van der Waals surface area contributed by atoms with Crippen LogP contribution in [0.4, 0.5) is 0 Å². The second-order valence-electron chi connectivity index (χ2n) is 8.79. The highest BCUT2D eigenvalue weighted by Gasteiger charge is 2.48. The van der Waals surface area contributed by atoms with Gasteiger partial charge in [0.25, 0.3) is 0 Å². The first-order valence-electron chi connectivity index (χ1n) is 10.2. The Morgan fingerprint density at radius 2 is 1.96 bits per heavy atom. The van der Waals surface area contributed by atoms with E-state index in [-0.39, 0.29) is 5.41 Å². The number of likely N-dealkylation sites (tertiary alicyclic amines) is 2. The molecule has 142 valence electrons. The van der Waals surface area contributed by atoms with Crippen LogP contribution in [0.25, 0.3) is 0 Å². The van der Waals surface area contributed by atoms with E-state index in [9.17, 15) is 4.79 Å². The molecule has 26 heavy (non-hydrogen) atoms. The molecule has 1 saturated carbocycles. The van der Waals surface area contributed by atoms with Gasteiger partial charge in [-0.05, 0) is 81.2 Å². The predicted octanol–water partition coefficient (Wildman–Crippen LogP) is 3.54. The zero-order valence-corrected chi connectivity index (χ0v) is 16.5. The van der Waals surface area contributed by atoms with E-state index in [1.165, 1.54) is 36.0 Å². The second kappa shape index (κ2) is 6.88. The molecule has 1 aromatic rings. The minimum absolute atomic E-state index is 0.109. The minimum Gasteiger partial charge on any atom is -0.496 e. The SMILES string of the molecule is COc1cc(C)c(CN2CCC3(CCCN(CC4CC4)C3=O)C2)cc1C. The number of methoxy groups -OCH3 is 1. The van der Waals surface area contributed by atoms with E-state index in [0.29, 0.717) is 5.91 Å². The third-order valence-corrected chi connectivity index (χ3v) is 6.68. The number of amides is 1. The molecule has 2 heterocycles. The van der Waals surface area contributed by atoms with Gasteiger partial charge in [-0.15, -0.1) is 0 Å². The summed E-state index contributed by atoms with van der Waals surface area (Å²) in [5, 5.41) is 0. The third-order valence-electron chi connectivity index (χ3n) is 6.68. The first-order valence-corrected chi connectivity index (χ1v) is 10.2. The first kappa shape index (κ1) is 17.8. The van der Waals surface area contributed by atoms with Gasteiger partial charge >= 0.3 is 0 Å². The lowest BCUT2D eigenvalue weighted by molar-refractivity contribution is -0.145. The van der Waals surface area contributed by atoms with E-state index < -0.39 is 0 Å². The smallest absolute Gasteiger partial charge is 0.230 e. The Hall–Kier alpha value is -1.55. The monoisotopic (exact) mass is 356 g/mol. The summed E-state index contributed by atoms with van der Waals surface area (Å²) in [5.41, 5.74) is 3.71. The lowest BCUT2D eigenvalue weighted by atomic mass is 9.78. The fourth-order valence-electron chi connectivity index (χ4n) is 4.89. The third kappa shape index (κ3) is 3.36. The maximum absolute atomic E-state index is 13.2. The normalized spacial score (nSPS) is 26.7. The van der Waals surface area contributed by atoms with Crippen molar-refractivity contribution < 1.29 is 9.53 Å². The molecule has 1 atom stereocenters. The van der Waals surface area contributed by atoms with E-state index in [1.807, 2.05) is 0 Å². The van der Waals surface area contributed by atoms with Crippen LogP contribution < -0.4 is 4.74 Å². The molecule has 1 aliphatic carbocycles. The number of hydrogen-bond donors (Lipinski definition) is 0. The molecule has 0 bridgehead atoms. The van der Waals surface area contributed by atoms with Gasteiger partial charge < -0.3 is 9.64 Å². The van der Waals surface area contributed by atoms with Crippen LogP contribution in [0.2, 0.25) is 0 Å². The average molecular weight is 357 g/mol. The van der Waals surface area contributed by atoms with Gasteiger partial charge in [0.2, 0.25) is 5.91 Å². The maximum atomic E-state index is 13.2. The van der Waals surface area contributed by atoms with E-state index in [0.717, 1.165) is 57.2 Å². The van der Waals surface area contributed by atoms with Crippen LogP contribution in [0.1, 0.15) is 48.8 Å². The van der Waals surface area contributed by atoms with Crippen molar-refractivity contribution in [3.05, 3.63) is 28.8 Å². The fourth-order valence-corrected chi connectivity index (χ4v) is 4.89. The number of benzene rings is 1. The number of carbonyl (C=O) groups excluding carboxylic acids is 1. The highest BCUT2D eigenvalue weighted by molar-refractivity contribution is 5.84. The molecule has 0 aromatic heterocycles. The van der Waals surface area contributed by atoms with E-state index in [4.69, 9.17) is 4.74 Å². The number of carbonyl (C=O) groups is 1. The molecule has 1 amide bonds. The molecule has 3 aliphatic rings. The quantitative estimate of drug-likeness (QED) is 0.809. The Kier molecular flexibility index (Phi) is 4.72. The Morgan fingerprint density at radius 1 is 1.15 bits per heavy atom. The van der Waals surface area contributed by atoms with Crippen LogP contribution in [0.5, 0.6) is 5.75 Å². The maximum Gasteiger partial charge on any atom is 0.230 e. The van der Waals surface area contributed by atoms with Gasteiger partial charge in [0.15, 0.2) is 0 Å². The summed E-state index contributed by atoms with van der Waals surface area (Å²) in [5.74, 6) is 2.19. The molecule has 4 nitrogen and oxygen atoms in total. The van der Waals surface area contributed by atoms with Crippen molar-refractivity contribution in [3.63, 3.8) is 0 Å².